The summed E-state index contributed by atoms with van der Waals surface area (Å²) in [7, 11) is 4.03. The van der Waals surface area contributed by atoms with Crippen LogP contribution in [-0.2, 0) is 0 Å². The van der Waals surface area contributed by atoms with Gasteiger partial charge in [-0.05, 0) is 51.7 Å². The number of nitrogens with one attached hydrogen (secondary N) is 1. The third-order valence-electron chi connectivity index (χ3n) is 2.58. The largest absolute Gasteiger partial charge is 0.352 e. The van der Waals surface area contributed by atoms with Gasteiger partial charge in [0, 0.05) is 17.1 Å². The molecule has 0 fully saturated rings. The van der Waals surface area contributed by atoms with E-state index in [2.05, 4.69) is 10.2 Å². The Bertz CT molecular complexity index is 391. The fourth-order valence-electron chi connectivity index (χ4n) is 1.55. The Hall–Kier alpha value is -1.06. The first kappa shape index (κ1) is 14.0. The van der Waals surface area contributed by atoms with Crippen LogP contribution in [0.4, 0.5) is 0 Å². The Balaban J connectivity index is 2.50. The summed E-state index contributed by atoms with van der Waals surface area (Å²) in [4.78, 5) is 14.0. The summed E-state index contributed by atoms with van der Waals surface area (Å²) >= 11 is 5.97. The minimum Gasteiger partial charge on any atom is -0.352 e. The van der Waals surface area contributed by atoms with Crippen molar-refractivity contribution < 1.29 is 4.79 Å². The zero-order valence-corrected chi connectivity index (χ0v) is 11.3. The van der Waals surface area contributed by atoms with Crippen LogP contribution in [0.5, 0.6) is 0 Å². The predicted molar refractivity (Wildman–Crippen MR) is 71.7 cm³/mol. The van der Waals surface area contributed by atoms with Crippen LogP contribution >= 0.6 is 11.6 Å². The molecule has 0 aliphatic heterocycles. The van der Waals surface area contributed by atoms with E-state index < -0.39 is 0 Å². The van der Waals surface area contributed by atoms with Crippen LogP contribution < -0.4 is 5.32 Å². The monoisotopic (exact) mass is 254 g/mol. The lowest BCUT2D eigenvalue weighted by molar-refractivity contribution is 0.0951. The quantitative estimate of drug-likeness (QED) is 0.818. The number of carbonyl (C=O) groups is 1. The number of rotatable bonds is 5. The molecule has 1 N–H and O–H groups in total. The van der Waals surface area contributed by atoms with Gasteiger partial charge in [-0.3, -0.25) is 4.79 Å². The van der Waals surface area contributed by atoms with Crippen molar-refractivity contribution in [3.8, 4) is 0 Å². The fourth-order valence-corrected chi connectivity index (χ4v) is 1.72. The fraction of sp³-hybridized carbons (Fsp3) is 0.462. The molecule has 0 heterocycles. The van der Waals surface area contributed by atoms with Gasteiger partial charge in [0.25, 0.3) is 5.91 Å². The molecule has 94 valence electrons. The molecule has 3 nitrogen and oxygen atoms in total. The average molecular weight is 255 g/mol. The molecule has 0 unspecified atom stereocenters. The Labute approximate surface area is 108 Å². The van der Waals surface area contributed by atoms with Crippen molar-refractivity contribution >= 4 is 17.5 Å². The van der Waals surface area contributed by atoms with Crippen LogP contribution in [0.2, 0.25) is 5.02 Å². The molecule has 0 aliphatic rings. The maximum absolute atomic E-state index is 11.9. The highest BCUT2D eigenvalue weighted by Gasteiger charge is 2.09. The highest BCUT2D eigenvalue weighted by atomic mass is 35.5. The van der Waals surface area contributed by atoms with Gasteiger partial charge in [-0.15, -0.1) is 0 Å². The number of nitrogens with zero attached hydrogens (tertiary/aromatic N) is 1. The Kier molecular flexibility index (Phi) is 5.45. The molecule has 0 atom stereocenters. The molecule has 0 spiro atoms. The van der Waals surface area contributed by atoms with Gasteiger partial charge in [-0.25, -0.2) is 0 Å². The van der Waals surface area contributed by atoms with Gasteiger partial charge < -0.3 is 10.2 Å². The highest BCUT2D eigenvalue weighted by Crippen LogP contribution is 2.18. The summed E-state index contributed by atoms with van der Waals surface area (Å²) in [5, 5.41) is 3.53. The standard InChI is InChI=1S/C13H19ClN2O/c1-10-11(6-4-7-12(10)14)13(17)15-8-5-9-16(2)3/h4,6-7H,5,8-9H2,1-3H3,(H,15,17). The first-order valence-corrected chi connectivity index (χ1v) is 6.08. The molecular formula is C13H19ClN2O. The lowest BCUT2D eigenvalue weighted by Crippen LogP contribution is -2.27. The third-order valence-corrected chi connectivity index (χ3v) is 2.99. The number of hydrogen-bond donors (Lipinski definition) is 1. The maximum Gasteiger partial charge on any atom is 0.251 e. The topological polar surface area (TPSA) is 32.3 Å². The number of halogens is 1. The van der Waals surface area contributed by atoms with E-state index in [1.165, 1.54) is 0 Å². The molecule has 1 aromatic carbocycles. The van der Waals surface area contributed by atoms with Gasteiger partial charge in [0.2, 0.25) is 0 Å². The summed E-state index contributed by atoms with van der Waals surface area (Å²) in [6.07, 6.45) is 0.943. The zero-order valence-electron chi connectivity index (χ0n) is 10.6. The van der Waals surface area contributed by atoms with Crippen LogP contribution in [0.3, 0.4) is 0 Å². The predicted octanol–water partition coefficient (Wildman–Crippen LogP) is 2.33. The number of hydrogen-bond acceptors (Lipinski definition) is 2. The van der Waals surface area contributed by atoms with Crippen LogP contribution in [0, 0.1) is 6.92 Å². The summed E-state index contributed by atoms with van der Waals surface area (Å²) in [6, 6.07) is 5.38. The summed E-state index contributed by atoms with van der Waals surface area (Å²) in [5.74, 6) is -0.0521. The van der Waals surface area contributed by atoms with Crippen molar-refractivity contribution in [3.05, 3.63) is 34.3 Å². The zero-order chi connectivity index (χ0) is 12.8. The normalized spacial score (nSPS) is 10.6. The minimum absolute atomic E-state index is 0.0521. The number of benzene rings is 1. The van der Waals surface area contributed by atoms with Crippen LogP contribution in [0.25, 0.3) is 0 Å². The van der Waals surface area contributed by atoms with Crippen molar-refractivity contribution in [1.82, 2.24) is 10.2 Å². The number of amides is 1. The van der Waals surface area contributed by atoms with E-state index in [9.17, 15) is 4.79 Å². The van der Waals surface area contributed by atoms with Crippen molar-refractivity contribution in [3.63, 3.8) is 0 Å². The molecule has 0 saturated carbocycles. The molecule has 1 amide bonds. The number of carbonyl (C=O) groups excluding carboxylic acids is 1. The minimum atomic E-state index is -0.0521. The van der Waals surface area contributed by atoms with E-state index in [1.807, 2.05) is 21.0 Å². The lowest BCUT2D eigenvalue weighted by Gasteiger charge is -2.11. The lowest BCUT2D eigenvalue weighted by atomic mass is 10.1. The van der Waals surface area contributed by atoms with E-state index in [1.54, 1.807) is 18.2 Å². The maximum atomic E-state index is 11.9. The molecule has 0 aliphatic carbocycles. The third kappa shape index (κ3) is 4.36. The van der Waals surface area contributed by atoms with Gasteiger partial charge in [-0.1, -0.05) is 17.7 Å². The Morgan fingerprint density at radius 3 is 2.76 bits per heavy atom. The summed E-state index contributed by atoms with van der Waals surface area (Å²) in [5.41, 5.74) is 1.49. The molecule has 1 aromatic rings. The Morgan fingerprint density at radius 1 is 1.41 bits per heavy atom. The SMILES string of the molecule is Cc1c(Cl)cccc1C(=O)NCCCN(C)C. The summed E-state index contributed by atoms with van der Waals surface area (Å²) in [6.45, 7) is 3.51. The first-order valence-electron chi connectivity index (χ1n) is 5.70. The van der Waals surface area contributed by atoms with E-state index in [0.29, 0.717) is 17.1 Å². The van der Waals surface area contributed by atoms with Gasteiger partial charge in [0.1, 0.15) is 0 Å². The van der Waals surface area contributed by atoms with Crippen LogP contribution in [0.15, 0.2) is 18.2 Å². The smallest absolute Gasteiger partial charge is 0.251 e. The molecule has 4 heteroatoms. The summed E-state index contributed by atoms with van der Waals surface area (Å²) < 4.78 is 0. The molecular weight excluding hydrogens is 236 g/mol. The molecule has 17 heavy (non-hydrogen) atoms. The van der Waals surface area contributed by atoms with Gasteiger partial charge in [0.15, 0.2) is 0 Å². The van der Waals surface area contributed by atoms with Crippen LogP contribution in [0.1, 0.15) is 22.3 Å². The second-order valence-electron chi connectivity index (χ2n) is 4.33. The van der Waals surface area contributed by atoms with Gasteiger partial charge >= 0.3 is 0 Å². The Morgan fingerprint density at radius 2 is 2.12 bits per heavy atom. The van der Waals surface area contributed by atoms with Crippen LogP contribution in [-0.4, -0.2) is 38.0 Å². The molecule has 0 bridgehead atoms. The average Bonchev–Trinajstić information content (AvgIpc) is 2.27. The van der Waals surface area contributed by atoms with Gasteiger partial charge in [-0.2, -0.15) is 0 Å². The first-order chi connectivity index (χ1) is 8.02. The van der Waals surface area contributed by atoms with Crippen molar-refractivity contribution in [1.29, 1.82) is 0 Å². The van der Waals surface area contributed by atoms with E-state index in [0.717, 1.165) is 18.5 Å². The van der Waals surface area contributed by atoms with Crippen molar-refractivity contribution in [2.45, 2.75) is 13.3 Å². The van der Waals surface area contributed by atoms with E-state index >= 15 is 0 Å². The second kappa shape index (κ2) is 6.62. The van der Waals surface area contributed by atoms with Gasteiger partial charge in [0.05, 0.1) is 0 Å². The van der Waals surface area contributed by atoms with E-state index in [-0.39, 0.29) is 5.91 Å². The van der Waals surface area contributed by atoms with Crippen molar-refractivity contribution in [2.24, 2.45) is 0 Å². The van der Waals surface area contributed by atoms with E-state index in [4.69, 9.17) is 11.6 Å². The molecule has 0 aromatic heterocycles. The molecule has 1 rings (SSSR count). The highest BCUT2D eigenvalue weighted by molar-refractivity contribution is 6.31. The molecule has 0 saturated heterocycles. The molecule has 0 radical (unpaired) electrons. The second-order valence-corrected chi connectivity index (χ2v) is 4.73. The van der Waals surface area contributed by atoms with Crippen molar-refractivity contribution in [2.75, 3.05) is 27.2 Å².